The van der Waals surface area contributed by atoms with E-state index in [1.165, 1.54) is 72.4 Å². The van der Waals surface area contributed by atoms with Crippen molar-refractivity contribution < 1.29 is 0 Å². The van der Waals surface area contributed by atoms with E-state index in [4.69, 9.17) is 23.2 Å². The first-order valence-corrected chi connectivity index (χ1v) is 14.5. The van der Waals surface area contributed by atoms with E-state index >= 15 is 0 Å². The Kier molecular flexibility index (Phi) is 8.54. The molecule has 37 heavy (non-hydrogen) atoms. The molecule has 0 aliphatic heterocycles. The van der Waals surface area contributed by atoms with Crippen LogP contribution in [-0.4, -0.2) is 4.57 Å². The maximum Gasteiger partial charge on any atom is 0.0841 e. The van der Waals surface area contributed by atoms with Crippen LogP contribution >= 0.6 is 23.2 Å². The molecule has 0 saturated carbocycles. The van der Waals surface area contributed by atoms with Crippen molar-refractivity contribution in [2.24, 2.45) is 0 Å². The second-order valence-corrected chi connectivity index (χ2v) is 10.8. The van der Waals surface area contributed by atoms with Crippen molar-refractivity contribution in [3.63, 3.8) is 0 Å². The Balaban J connectivity index is 1.55. The monoisotopic (exact) mass is 527 g/mol. The molecule has 0 fully saturated rings. The maximum atomic E-state index is 7.07. The SMILES string of the molecule is CCCCCCCCCCn1c2ccc(-c3ccccc3)cc2c2cc(-c3ccccc3)c(Cl)c(Cl)c21. The molecule has 1 heterocycles. The van der Waals surface area contributed by atoms with Gasteiger partial charge in [-0.05, 0) is 41.3 Å². The molecule has 1 aromatic heterocycles. The van der Waals surface area contributed by atoms with E-state index in [0.717, 1.165) is 29.6 Å². The van der Waals surface area contributed by atoms with Gasteiger partial charge in [-0.3, -0.25) is 0 Å². The molecule has 0 amide bonds. The van der Waals surface area contributed by atoms with E-state index < -0.39 is 0 Å². The Morgan fingerprint density at radius 3 is 1.86 bits per heavy atom. The Labute approximate surface area is 231 Å². The Morgan fingerprint density at radius 2 is 1.19 bits per heavy atom. The van der Waals surface area contributed by atoms with Gasteiger partial charge in [0.1, 0.15) is 0 Å². The van der Waals surface area contributed by atoms with Crippen molar-refractivity contribution in [1.29, 1.82) is 0 Å². The lowest BCUT2D eigenvalue weighted by atomic mass is 10.00. The van der Waals surface area contributed by atoms with E-state index in [9.17, 15) is 0 Å². The van der Waals surface area contributed by atoms with E-state index in [2.05, 4.69) is 78.2 Å². The van der Waals surface area contributed by atoms with Gasteiger partial charge in [0.2, 0.25) is 0 Å². The fourth-order valence-electron chi connectivity index (χ4n) is 5.47. The first kappa shape index (κ1) is 25.9. The zero-order valence-corrected chi connectivity index (χ0v) is 23.2. The number of aromatic nitrogens is 1. The summed E-state index contributed by atoms with van der Waals surface area (Å²) in [6, 6.07) is 29.9. The van der Waals surface area contributed by atoms with E-state index in [1.54, 1.807) is 0 Å². The standard InChI is InChI=1S/C34H35Cl2N/c1-2-3-4-5-6-7-8-15-22-37-31-21-20-27(25-16-11-9-12-17-25)23-29(31)30-24-28(26-18-13-10-14-19-26)32(35)33(36)34(30)37/h9-14,16-21,23-24H,2-8,15,22H2,1H3. The van der Waals surface area contributed by atoms with Gasteiger partial charge in [0.25, 0.3) is 0 Å². The molecular weight excluding hydrogens is 493 g/mol. The summed E-state index contributed by atoms with van der Waals surface area (Å²) in [5, 5.41) is 3.67. The number of fused-ring (bicyclic) bond motifs is 3. The van der Waals surface area contributed by atoms with Crippen LogP contribution < -0.4 is 0 Å². The Bertz CT molecular complexity index is 1470. The highest BCUT2D eigenvalue weighted by Gasteiger charge is 2.20. The second kappa shape index (κ2) is 12.2. The zero-order valence-electron chi connectivity index (χ0n) is 21.7. The number of aryl methyl sites for hydroxylation is 1. The summed E-state index contributed by atoms with van der Waals surface area (Å²) < 4.78 is 2.40. The Hall–Kier alpha value is -2.74. The number of hydrogen-bond acceptors (Lipinski definition) is 0. The van der Waals surface area contributed by atoms with Crippen molar-refractivity contribution in [3.05, 3.63) is 95.0 Å². The largest absolute Gasteiger partial charge is 0.339 e. The second-order valence-electron chi connectivity index (χ2n) is 10.0. The maximum absolute atomic E-state index is 7.07. The first-order valence-electron chi connectivity index (χ1n) is 13.7. The molecule has 4 aromatic carbocycles. The van der Waals surface area contributed by atoms with Crippen LogP contribution in [0.1, 0.15) is 58.3 Å². The minimum atomic E-state index is 0.628. The minimum Gasteiger partial charge on any atom is -0.339 e. The van der Waals surface area contributed by atoms with E-state index in [-0.39, 0.29) is 0 Å². The summed E-state index contributed by atoms with van der Waals surface area (Å²) in [4.78, 5) is 0. The van der Waals surface area contributed by atoms with Gasteiger partial charge in [-0.15, -0.1) is 0 Å². The molecule has 0 unspecified atom stereocenters. The molecule has 0 spiro atoms. The van der Waals surface area contributed by atoms with Crippen LogP contribution in [0.15, 0.2) is 84.9 Å². The number of rotatable bonds is 11. The van der Waals surface area contributed by atoms with Gasteiger partial charge in [-0.1, -0.05) is 142 Å². The lowest BCUT2D eigenvalue weighted by Gasteiger charge is -2.12. The number of hydrogen-bond donors (Lipinski definition) is 0. The van der Waals surface area contributed by atoms with Crippen LogP contribution in [0.3, 0.4) is 0 Å². The normalized spacial score (nSPS) is 11.5. The molecule has 0 atom stereocenters. The third kappa shape index (κ3) is 5.59. The van der Waals surface area contributed by atoms with Crippen LogP contribution in [0, 0.1) is 0 Å². The summed E-state index contributed by atoms with van der Waals surface area (Å²) >= 11 is 14.0. The molecule has 0 aliphatic carbocycles. The first-order chi connectivity index (χ1) is 18.2. The molecule has 0 N–H and O–H groups in total. The fourth-order valence-corrected chi connectivity index (χ4v) is 6.03. The molecule has 3 heteroatoms. The average molecular weight is 529 g/mol. The fraction of sp³-hybridized carbons (Fsp3) is 0.294. The summed E-state index contributed by atoms with van der Waals surface area (Å²) in [6.45, 7) is 3.22. The summed E-state index contributed by atoms with van der Waals surface area (Å²) in [7, 11) is 0. The van der Waals surface area contributed by atoms with Crippen molar-refractivity contribution in [2.45, 2.75) is 64.8 Å². The summed E-state index contributed by atoms with van der Waals surface area (Å²) in [5.41, 5.74) is 6.77. The van der Waals surface area contributed by atoms with Gasteiger partial charge in [0.15, 0.2) is 0 Å². The van der Waals surface area contributed by atoms with Crippen LogP contribution in [0.4, 0.5) is 0 Å². The smallest absolute Gasteiger partial charge is 0.0841 e. The molecule has 5 rings (SSSR count). The van der Waals surface area contributed by atoms with Gasteiger partial charge in [-0.2, -0.15) is 0 Å². The van der Waals surface area contributed by atoms with Crippen molar-refractivity contribution in [3.8, 4) is 22.3 Å². The van der Waals surface area contributed by atoms with Crippen molar-refractivity contribution in [2.75, 3.05) is 0 Å². The summed E-state index contributed by atoms with van der Waals surface area (Å²) in [6.07, 6.45) is 10.4. The zero-order chi connectivity index (χ0) is 25.6. The van der Waals surface area contributed by atoms with Gasteiger partial charge in [0.05, 0.1) is 15.6 Å². The predicted molar refractivity (Wildman–Crippen MR) is 163 cm³/mol. The van der Waals surface area contributed by atoms with Gasteiger partial charge in [0, 0.05) is 28.4 Å². The molecular formula is C34H35Cl2N. The average Bonchev–Trinajstić information content (AvgIpc) is 3.26. The highest BCUT2D eigenvalue weighted by atomic mass is 35.5. The number of nitrogens with zero attached hydrogens (tertiary/aromatic N) is 1. The molecule has 0 saturated heterocycles. The van der Waals surface area contributed by atoms with Gasteiger partial charge < -0.3 is 4.57 Å². The van der Waals surface area contributed by atoms with Crippen LogP contribution in [-0.2, 0) is 6.54 Å². The highest BCUT2D eigenvalue weighted by molar-refractivity contribution is 6.47. The topological polar surface area (TPSA) is 4.93 Å². The van der Waals surface area contributed by atoms with E-state index in [1.807, 2.05) is 18.2 Å². The van der Waals surface area contributed by atoms with Gasteiger partial charge in [-0.25, -0.2) is 0 Å². The quantitative estimate of drug-likeness (QED) is 0.150. The predicted octanol–water partition coefficient (Wildman–Crippen LogP) is 11.6. The number of benzene rings is 4. The molecule has 0 radical (unpaired) electrons. The summed E-state index contributed by atoms with van der Waals surface area (Å²) in [5.74, 6) is 0. The molecule has 0 aliphatic rings. The van der Waals surface area contributed by atoms with Crippen LogP contribution in [0.5, 0.6) is 0 Å². The third-order valence-electron chi connectivity index (χ3n) is 7.46. The van der Waals surface area contributed by atoms with Crippen LogP contribution in [0.25, 0.3) is 44.1 Å². The van der Waals surface area contributed by atoms with Crippen molar-refractivity contribution in [1.82, 2.24) is 4.57 Å². The lowest BCUT2D eigenvalue weighted by Crippen LogP contribution is -1.99. The minimum absolute atomic E-state index is 0.628. The highest BCUT2D eigenvalue weighted by Crippen LogP contribution is 2.44. The molecule has 1 nitrogen and oxygen atoms in total. The lowest BCUT2D eigenvalue weighted by molar-refractivity contribution is 0.553. The molecule has 5 aromatic rings. The number of halogens is 2. The number of unbranched alkanes of at least 4 members (excludes halogenated alkanes) is 7. The third-order valence-corrected chi connectivity index (χ3v) is 8.31. The van der Waals surface area contributed by atoms with Crippen molar-refractivity contribution >= 4 is 45.0 Å². The van der Waals surface area contributed by atoms with Gasteiger partial charge >= 0.3 is 0 Å². The molecule has 0 bridgehead atoms. The van der Waals surface area contributed by atoms with Crippen LogP contribution in [0.2, 0.25) is 10.0 Å². The van der Waals surface area contributed by atoms with E-state index in [0.29, 0.717) is 10.0 Å². The molecule has 190 valence electrons. The Morgan fingerprint density at radius 1 is 0.568 bits per heavy atom.